The minimum Gasteiger partial charge on any atom is -0.366 e. The lowest BCUT2D eigenvalue weighted by atomic mass is 9.97. The quantitative estimate of drug-likeness (QED) is 0.106. The lowest BCUT2D eigenvalue weighted by Gasteiger charge is -2.30. The number of aromatic nitrogens is 8. The largest absolute Gasteiger partial charge is 0.366 e. The standard InChI is InChI=1S/C37H53N11O.ClH/c1-24(2)45(25(3)4)15-9-11-17-47-36-31(20-43-47)33(39-22-41-36)28-13-14-29(35(38)49)30(19-28)34-32-21-44-48(37(32)42-23-40-34)18-12-10-16-46(26(5)6)27(7)8;/h13-14,19-27H,9-12,15-18H2,1-8H3,(H2,38,49);1H. The molecule has 5 rings (SSSR count). The molecular formula is C37H54ClN11O. The van der Waals surface area contributed by atoms with E-state index >= 15 is 0 Å². The number of rotatable bonds is 17. The fourth-order valence-corrected chi connectivity index (χ4v) is 7.00. The third kappa shape index (κ3) is 8.65. The molecule has 2 N–H and O–H groups in total. The lowest BCUT2D eigenvalue weighted by molar-refractivity contribution is 0.100. The van der Waals surface area contributed by atoms with Crippen molar-refractivity contribution in [2.24, 2.45) is 5.73 Å². The molecule has 5 aromatic rings. The highest BCUT2D eigenvalue weighted by atomic mass is 35.5. The van der Waals surface area contributed by atoms with Crippen molar-refractivity contribution in [1.82, 2.24) is 49.3 Å². The Morgan fingerprint density at radius 1 is 0.680 bits per heavy atom. The number of carbonyl (C=O) groups excluding carboxylic acids is 1. The topological polar surface area (TPSA) is 137 Å². The molecule has 0 bridgehead atoms. The second-order valence-corrected chi connectivity index (χ2v) is 14.0. The van der Waals surface area contributed by atoms with Gasteiger partial charge in [0.05, 0.1) is 34.6 Å². The van der Waals surface area contributed by atoms with Gasteiger partial charge in [-0.05, 0) is 106 Å². The van der Waals surface area contributed by atoms with Crippen LogP contribution in [0.25, 0.3) is 44.6 Å². The summed E-state index contributed by atoms with van der Waals surface area (Å²) in [7, 11) is 0. The van der Waals surface area contributed by atoms with E-state index in [1.165, 1.54) is 6.33 Å². The maximum atomic E-state index is 12.7. The van der Waals surface area contributed by atoms with E-state index in [1.807, 2.05) is 27.7 Å². The van der Waals surface area contributed by atoms with Gasteiger partial charge in [-0.3, -0.25) is 14.6 Å². The number of carbonyl (C=O) groups is 1. The Morgan fingerprint density at radius 3 is 1.60 bits per heavy atom. The van der Waals surface area contributed by atoms with E-state index in [2.05, 4.69) is 95.3 Å². The number of primary amides is 1. The van der Waals surface area contributed by atoms with Crippen LogP contribution in [0, 0.1) is 0 Å². The van der Waals surface area contributed by atoms with Crippen molar-refractivity contribution >= 4 is 40.4 Å². The molecule has 4 aromatic heterocycles. The SMILES string of the molecule is CC(C)N(CCCCn1ncc2c(-c3ccc(C(N)=O)c(-c4ncnc5c4cnn5CCCCN(C(C)C)C(C)C)c3)ncnc21)C(C)C.Cl. The molecule has 0 aliphatic rings. The van der Waals surface area contributed by atoms with Crippen molar-refractivity contribution in [2.75, 3.05) is 13.1 Å². The number of amides is 1. The summed E-state index contributed by atoms with van der Waals surface area (Å²) in [6.07, 6.45) is 10.8. The van der Waals surface area contributed by atoms with Gasteiger partial charge in [-0.2, -0.15) is 10.2 Å². The molecule has 12 nitrogen and oxygen atoms in total. The summed E-state index contributed by atoms with van der Waals surface area (Å²) in [5, 5.41) is 11.0. The number of halogens is 1. The molecule has 1 amide bonds. The van der Waals surface area contributed by atoms with Crippen LogP contribution in [0.3, 0.4) is 0 Å². The predicted molar refractivity (Wildman–Crippen MR) is 203 cm³/mol. The van der Waals surface area contributed by atoms with Crippen LogP contribution in [0.2, 0.25) is 0 Å². The number of fused-ring (bicyclic) bond motifs is 2. The highest BCUT2D eigenvalue weighted by molar-refractivity contribution is 6.04. The van der Waals surface area contributed by atoms with Crippen LogP contribution >= 0.6 is 12.4 Å². The van der Waals surface area contributed by atoms with E-state index < -0.39 is 5.91 Å². The molecule has 50 heavy (non-hydrogen) atoms. The maximum Gasteiger partial charge on any atom is 0.249 e. The number of hydrogen-bond donors (Lipinski definition) is 1. The number of aryl methyl sites for hydroxylation is 2. The summed E-state index contributed by atoms with van der Waals surface area (Å²) in [5.41, 5.74) is 10.5. The van der Waals surface area contributed by atoms with Crippen molar-refractivity contribution in [2.45, 2.75) is 118 Å². The van der Waals surface area contributed by atoms with Crippen LogP contribution in [0.5, 0.6) is 0 Å². The second kappa shape index (κ2) is 17.3. The fourth-order valence-electron chi connectivity index (χ4n) is 7.00. The number of unbranched alkanes of at least 4 members (excludes halogenated alkanes) is 2. The van der Waals surface area contributed by atoms with Gasteiger partial charge < -0.3 is 5.73 Å². The summed E-state index contributed by atoms with van der Waals surface area (Å²) >= 11 is 0. The van der Waals surface area contributed by atoms with Crippen LogP contribution in [-0.4, -0.2) is 92.5 Å². The Balaban J connectivity index is 0.00000562. The van der Waals surface area contributed by atoms with Crippen molar-refractivity contribution in [3.63, 3.8) is 0 Å². The van der Waals surface area contributed by atoms with Gasteiger partial charge in [0.2, 0.25) is 5.91 Å². The van der Waals surface area contributed by atoms with E-state index in [0.29, 0.717) is 41.0 Å². The molecule has 0 unspecified atom stereocenters. The molecule has 0 fully saturated rings. The zero-order valence-corrected chi connectivity index (χ0v) is 31.7. The Morgan fingerprint density at radius 2 is 1.14 bits per heavy atom. The molecule has 13 heteroatoms. The monoisotopic (exact) mass is 703 g/mol. The van der Waals surface area contributed by atoms with Gasteiger partial charge in [-0.15, -0.1) is 12.4 Å². The average Bonchev–Trinajstić information content (AvgIpc) is 3.67. The number of nitrogens with two attached hydrogens (primary N) is 1. The summed E-state index contributed by atoms with van der Waals surface area (Å²) in [5.74, 6) is -0.533. The molecular weight excluding hydrogens is 650 g/mol. The molecule has 0 aliphatic carbocycles. The van der Waals surface area contributed by atoms with Crippen LogP contribution in [0.4, 0.5) is 0 Å². The molecule has 0 saturated heterocycles. The third-order valence-electron chi connectivity index (χ3n) is 9.41. The normalized spacial score (nSPS) is 12.1. The average molecular weight is 704 g/mol. The van der Waals surface area contributed by atoms with Gasteiger partial charge in [-0.25, -0.2) is 29.3 Å². The van der Waals surface area contributed by atoms with Gasteiger partial charge in [0.1, 0.15) is 12.7 Å². The molecule has 0 spiro atoms. The highest BCUT2D eigenvalue weighted by Gasteiger charge is 2.20. The third-order valence-corrected chi connectivity index (χ3v) is 9.41. The predicted octanol–water partition coefficient (Wildman–Crippen LogP) is 6.62. The van der Waals surface area contributed by atoms with Gasteiger partial charge >= 0.3 is 0 Å². The van der Waals surface area contributed by atoms with E-state index in [4.69, 9.17) is 5.73 Å². The minimum atomic E-state index is -0.533. The molecule has 0 radical (unpaired) electrons. The summed E-state index contributed by atoms with van der Waals surface area (Å²) in [6.45, 7) is 21.6. The fraction of sp³-hybridized carbons (Fsp3) is 0.541. The summed E-state index contributed by atoms with van der Waals surface area (Å²) in [4.78, 5) is 36.2. The highest BCUT2D eigenvalue weighted by Crippen LogP contribution is 2.34. The first kappa shape index (κ1) is 38.8. The Kier molecular flexibility index (Phi) is 13.4. The minimum absolute atomic E-state index is 0. The van der Waals surface area contributed by atoms with Crippen LogP contribution in [0.1, 0.15) is 91.4 Å². The van der Waals surface area contributed by atoms with Crippen molar-refractivity contribution in [1.29, 1.82) is 0 Å². The molecule has 0 saturated carbocycles. The molecule has 270 valence electrons. The van der Waals surface area contributed by atoms with E-state index in [-0.39, 0.29) is 12.4 Å². The lowest BCUT2D eigenvalue weighted by Crippen LogP contribution is -2.37. The first-order valence-electron chi connectivity index (χ1n) is 17.8. The van der Waals surface area contributed by atoms with Crippen molar-refractivity contribution < 1.29 is 4.79 Å². The zero-order chi connectivity index (χ0) is 35.2. The van der Waals surface area contributed by atoms with Crippen LogP contribution in [0.15, 0.2) is 43.2 Å². The molecule has 1 aromatic carbocycles. The summed E-state index contributed by atoms with van der Waals surface area (Å²) < 4.78 is 3.88. The van der Waals surface area contributed by atoms with E-state index in [1.54, 1.807) is 18.6 Å². The first-order chi connectivity index (χ1) is 23.5. The molecule has 4 heterocycles. The van der Waals surface area contributed by atoms with Crippen LogP contribution in [-0.2, 0) is 13.1 Å². The molecule has 0 aliphatic heterocycles. The summed E-state index contributed by atoms with van der Waals surface area (Å²) in [6, 6.07) is 7.59. The van der Waals surface area contributed by atoms with E-state index in [0.717, 1.165) is 85.2 Å². The zero-order valence-electron chi connectivity index (χ0n) is 30.9. The maximum absolute atomic E-state index is 12.7. The van der Waals surface area contributed by atoms with Crippen molar-refractivity contribution in [3.8, 4) is 22.5 Å². The second-order valence-electron chi connectivity index (χ2n) is 14.0. The van der Waals surface area contributed by atoms with Crippen LogP contribution < -0.4 is 5.73 Å². The van der Waals surface area contributed by atoms with Gasteiger partial charge in [0, 0.05) is 53.9 Å². The Bertz CT molecular complexity index is 1850. The van der Waals surface area contributed by atoms with Gasteiger partial charge in [0.25, 0.3) is 0 Å². The smallest absolute Gasteiger partial charge is 0.249 e. The molecule has 0 atom stereocenters. The number of hydrogen-bond acceptors (Lipinski definition) is 9. The number of nitrogens with zero attached hydrogens (tertiary/aromatic N) is 10. The Hall–Kier alpha value is -4.00. The van der Waals surface area contributed by atoms with E-state index in [9.17, 15) is 4.79 Å². The first-order valence-corrected chi connectivity index (χ1v) is 17.8. The van der Waals surface area contributed by atoms with Gasteiger partial charge in [-0.1, -0.05) is 6.07 Å². The van der Waals surface area contributed by atoms with Crippen molar-refractivity contribution in [3.05, 3.63) is 48.8 Å². The van der Waals surface area contributed by atoms with Gasteiger partial charge in [0.15, 0.2) is 11.3 Å². The number of benzene rings is 1. The Labute approximate surface area is 302 Å².